The van der Waals surface area contributed by atoms with Crippen molar-refractivity contribution in [2.24, 2.45) is 12.5 Å². The van der Waals surface area contributed by atoms with Gasteiger partial charge in [-0.15, -0.1) is 16.4 Å². The number of aliphatic hydroxyl groups excluding tert-OH is 1. The Labute approximate surface area is 435 Å². The molecule has 1 fully saturated rings. The van der Waals surface area contributed by atoms with Crippen LogP contribution in [-0.2, 0) is 57.1 Å². The quantitative estimate of drug-likeness (QED) is 0.0621. The summed E-state index contributed by atoms with van der Waals surface area (Å²) < 4.78 is 58.8. The second kappa shape index (κ2) is 23.1. The van der Waals surface area contributed by atoms with Gasteiger partial charge in [0, 0.05) is 49.8 Å². The molecule has 21 nitrogen and oxygen atoms in total. The van der Waals surface area contributed by atoms with Gasteiger partial charge in [0.15, 0.2) is 11.6 Å². The molecule has 4 N–H and O–H groups in total. The molecule has 0 aliphatic carbocycles. The lowest BCUT2D eigenvalue weighted by Gasteiger charge is -2.35. The maximum Gasteiger partial charge on any atom is 0.355 e. The Bertz CT molecular complexity index is 3360. The molecule has 3 atom stereocenters. The van der Waals surface area contributed by atoms with Crippen molar-refractivity contribution in [3.8, 4) is 10.4 Å². The maximum absolute atomic E-state index is 14.9. The van der Waals surface area contributed by atoms with Gasteiger partial charge in [0.25, 0.3) is 0 Å². The van der Waals surface area contributed by atoms with E-state index in [2.05, 4.69) is 41.3 Å². The van der Waals surface area contributed by atoms with Crippen LogP contribution in [0.3, 0.4) is 0 Å². The number of anilines is 2. The Kier molecular flexibility index (Phi) is 16.6. The highest BCUT2D eigenvalue weighted by Crippen LogP contribution is 2.31. The average Bonchev–Trinajstić information content (AvgIpc) is 4.18. The molecule has 75 heavy (non-hydrogen) atoms. The first-order valence-electron chi connectivity index (χ1n) is 23.6. The number of likely N-dealkylation sites (tertiary alicyclic amines) is 1. The number of aromatic nitrogens is 9. The van der Waals surface area contributed by atoms with Crippen LogP contribution in [0, 0.1) is 29.8 Å². The topological polar surface area (TPSA) is 248 Å². The lowest BCUT2D eigenvalue weighted by Crippen LogP contribution is -2.58. The number of benzene rings is 3. The van der Waals surface area contributed by atoms with Gasteiger partial charge in [-0.1, -0.05) is 61.9 Å². The molecule has 1 aliphatic heterocycles. The summed E-state index contributed by atoms with van der Waals surface area (Å²) in [4.78, 5) is 78.7. The van der Waals surface area contributed by atoms with Gasteiger partial charge < -0.3 is 35.4 Å². The number of fused-ring (bicyclic) bond motifs is 1. The van der Waals surface area contributed by atoms with E-state index in [0.29, 0.717) is 27.6 Å². The van der Waals surface area contributed by atoms with Gasteiger partial charge in [-0.3, -0.25) is 23.6 Å². The minimum atomic E-state index is -1.43. The van der Waals surface area contributed by atoms with Crippen molar-refractivity contribution in [1.29, 1.82) is 0 Å². The molecule has 0 radical (unpaired) electrons. The van der Waals surface area contributed by atoms with Gasteiger partial charge >= 0.3 is 11.4 Å². The van der Waals surface area contributed by atoms with Crippen LogP contribution in [0.5, 0.6) is 0 Å². The minimum Gasteiger partial charge on any atom is -0.391 e. The smallest absolute Gasteiger partial charge is 0.355 e. The SMILES string of the molecule is Cc1ncsc1-c1ccc(CNC(=O)C2CC(O)CN2C(=O)C(NC(=O)COCCOCCn2cc(Cn3c(=O)nc(Nc4cc5cn(C)nc5cc4Cl)n(Cc4cc(F)c(F)cc4F)c3=O)nn2)C(C)(C)C)cc1. The fraction of sp³-hybridized carbons (Fsp3) is 0.388. The van der Waals surface area contributed by atoms with Crippen LogP contribution < -0.4 is 27.3 Å². The third-order valence-electron chi connectivity index (χ3n) is 12.2. The van der Waals surface area contributed by atoms with Gasteiger partial charge in [-0.25, -0.2) is 37.0 Å². The molecular weight excluding hydrogens is 1020 g/mol. The third kappa shape index (κ3) is 13.0. The van der Waals surface area contributed by atoms with E-state index >= 15 is 0 Å². The number of β-amino-alcohol motifs (C(OH)–C–C–N with tert-alkyl or cyclic N) is 1. The van der Waals surface area contributed by atoms with E-state index in [9.17, 15) is 42.3 Å². The number of carbonyl (C=O) groups excluding carboxylic acids is 3. The van der Waals surface area contributed by atoms with Crippen LogP contribution in [0.25, 0.3) is 21.3 Å². The van der Waals surface area contributed by atoms with Crippen molar-refractivity contribution >= 4 is 63.2 Å². The molecule has 26 heteroatoms. The van der Waals surface area contributed by atoms with Crippen LogP contribution in [0.1, 0.15) is 49.7 Å². The predicted octanol–water partition coefficient (Wildman–Crippen LogP) is 4.07. The highest BCUT2D eigenvalue weighted by molar-refractivity contribution is 7.13. The zero-order valence-corrected chi connectivity index (χ0v) is 42.9. The number of ether oxygens (including phenoxy) is 2. The molecule has 3 aromatic carbocycles. The Morgan fingerprint density at radius 2 is 1.71 bits per heavy atom. The molecule has 1 aliphatic rings. The highest BCUT2D eigenvalue weighted by atomic mass is 35.5. The summed E-state index contributed by atoms with van der Waals surface area (Å²) in [5.74, 6) is -5.80. The van der Waals surface area contributed by atoms with E-state index < -0.39 is 95.4 Å². The number of halogens is 4. The highest BCUT2D eigenvalue weighted by Gasteiger charge is 2.44. The fourth-order valence-electron chi connectivity index (χ4n) is 8.35. The largest absolute Gasteiger partial charge is 0.391 e. The second-order valence-electron chi connectivity index (χ2n) is 18.9. The maximum atomic E-state index is 14.9. The summed E-state index contributed by atoms with van der Waals surface area (Å²) >= 11 is 8.05. The van der Waals surface area contributed by atoms with Crippen LogP contribution in [-0.4, -0.2) is 123 Å². The Morgan fingerprint density at radius 3 is 2.44 bits per heavy atom. The van der Waals surface area contributed by atoms with Crippen molar-refractivity contribution in [2.75, 3.05) is 38.3 Å². The van der Waals surface area contributed by atoms with Crippen LogP contribution in [0.15, 0.2) is 76.0 Å². The monoisotopic (exact) mass is 1080 g/mol. The van der Waals surface area contributed by atoms with Gasteiger partial charge in [-0.05, 0) is 41.7 Å². The summed E-state index contributed by atoms with van der Waals surface area (Å²) in [6.45, 7) is 6.26. The number of thiazole rings is 1. The van der Waals surface area contributed by atoms with E-state index in [-0.39, 0.29) is 68.2 Å². The zero-order valence-electron chi connectivity index (χ0n) is 41.4. The summed E-state index contributed by atoms with van der Waals surface area (Å²) in [6, 6.07) is 9.84. The molecule has 1 saturated heterocycles. The van der Waals surface area contributed by atoms with E-state index in [0.717, 1.165) is 26.3 Å². The number of rotatable bonds is 20. The normalized spacial score (nSPS) is 15.1. The molecule has 396 valence electrons. The summed E-state index contributed by atoms with van der Waals surface area (Å²) in [5.41, 5.74) is 2.33. The molecule has 8 rings (SSSR count). The van der Waals surface area contributed by atoms with Crippen molar-refractivity contribution in [3.63, 3.8) is 0 Å². The number of carbonyl (C=O) groups is 3. The van der Waals surface area contributed by atoms with Gasteiger partial charge in [0.1, 0.15) is 30.2 Å². The van der Waals surface area contributed by atoms with E-state index in [1.54, 1.807) is 67.7 Å². The van der Waals surface area contributed by atoms with E-state index in [4.69, 9.17) is 21.1 Å². The molecule has 3 amide bonds. The van der Waals surface area contributed by atoms with Crippen LogP contribution in [0.2, 0.25) is 5.02 Å². The molecule has 0 spiro atoms. The Morgan fingerprint density at radius 1 is 0.960 bits per heavy atom. The van der Waals surface area contributed by atoms with Crippen molar-refractivity contribution < 1.29 is 42.1 Å². The Hall–Kier alpha value is -7.32. The summed E-state index contributed by atoms with van der Waals surface area (Å²) in [6.07, 6.45) is 2.28. The summed E-state index contributed by atoms with van der Waals surface area (Å²) in [7, 11) is 1.71. The molecule has 3 unspecified atom stereocenters. The molecule has 0 bridgehead atoms. The van der Waals surface area contributed by atoms with Crippen molar-refractivity contribution in [3.05, 3.63) is 132 Å². The van der Waals surface area contributed by atoms with Gasteiger partial charge in [-0.2, -0.15) is 10.1 Å². The standard InChI is InChI=1S/C49H53ClF3N13O8S/c1-27-42(75-26-55-27)29-8-6-28(7-9-29)19-54-44(69)40-16-33(67)24-64(40)45(70)43(49(2,3)4)57-41(68)25-74-13-12-73-11-10-63-22-32(59-61-63)23-66-47(71)58-46(56-39-15-31-20-62(5)60-38(31)17-34(39)50)65(48(66)72)21-30-14-36(52)37(53)18-35(30)51/h6-9,14-15,17-18,20,22,26,33,40,43,67H,10-13,16,19,21,23-25H2,1-5H3,(H,54,69)(H,57,68)(H,56,58,71). The first-order valence-corrected chi connectivity index (χ1v) is 24.8. The lowest BCUT2D eigenvalue weighted by molar-refractivity contribution is -0.144. The van der Waals surface area contributed by atoms with Crippen LogP contribution in [0.4, 0.5) is 24.8 Å². The molecule has 0 saturated carbocycles. The third-order valence-corrected chi connectivity index (χ3v) is 13.5. The molecule has 4 aromatic heterocycles. The number of amides is 3. The molecular formula is C49H53ClF3N13O8S. The Balaban J connectivity index is 0.816. The number of aliphatic hydroxyl groups is 1. The minimum absolute atomic E-state index is 0.00408. The predicted molar refractivity (Wildman–Crippen MR) is 270 cm³/mol. The first kappa shape index (κ1) is 54.0. The summed E-state index contributed by atoms with van der Waals surface area (Å²) in [5, 5.41) is 32.2. The van der Waals surface area contributed by atoms with Crippen molar-refractivity contribution in [2.45, 2.75) is 78.5 Å². The number of hydrogen-bond acceptors (Lipinski definition) is 15. The van der Waals surface area contributed by atoms with Gasteiger partial charge in [0.05, 0.1) is 84.1 Å². The first-order chi connectivity index (χ1) is 35.7. The van der Waals surface area contributed by atoms with E-state index in [1.807, 2.05) is 31.2 Å². The number of hydrogen-bond donors (Lipinski definition) is 4. The van der Waals surface area contributed by atoms with E-state index in [1.165, 1.54) is 15.8 Å². The van der Waals surface area contributed by atoms with Crippen molar-refractivity contribution in [1.82, 2.24) is 59.4 Å². The average molecular weight is 1080 g/mol. The van der Waals surface area contributed by atoms with Crippen LogP contribution >= 0.6 is 22.9 Å². The van der Waals surface area contributed by atoms with Gasteiger partial charge in [0.2, 0.25) is 23.7 Å². The second-order valence-corrected chi connectivity index (χ2v) is 20.2. The number of aryl methyl sites for hydroxylation is 2. The lowest BCUT2D eigenvalue weighted by atomic mass is 9.85. The molecule has 5 heterocycles. The molecule has 7 aromatic rings. The number of nitrogens with zero attached hydrogens (tertiary/aromatic N) is 10. The fourth-order valence-corrected chi connectivity index (χ4v) is 9.37. The zero-order chi connectivity index (χ0) is 53.7. The number of nitrogens with one attached hydrogen (secondary N) is 3.